The smallest absolute Gasteiger partial charge is 0.227 e. The highest BCUT2D eigenvalue weighted by Gasteiger charge is 2.28. The summed E-state index contributed by atoms with van der Waals surface area (Å²) in [6.07, 6.45) is 4.24. The number of rotatable bonds is 5. The van der Waals surface area contributed by atoms with Gasteiger partial charge in [0, 0.05) is 38.9 Å². The van der Waals surface area contributed by atoms with E-state index in [1.807, 2.05) is 24.0 Å². The van der Waals surface area contributed by atoms with Crippen molar-refractivity contribution in [2.75, 3.05) is 39.3 Å². The minimum absolute atomic E-state index is 0.0384. The fraction of sp³-hybridized carbons (Fsp3) is 0.417. The Morgan fingerprint density at radius 3 is 2.76 bits per heavy atom. The number of pyridine rings is 1. The summed E-state index contributed by atoms with van der Waals surface area (Å²) in [4.78, 5) is 21.4. The number of carbonyl (C=O) groups excluding carboxylic acids is 1. The number of benzene rings is 1. The number of piperazine rings is 1. The summed E-state index contributed by atoms with van der Waals surface area (Å²) in [5.41, 5.74) is 4.94. The predicted octanol–water partition coefficient (Wildman–Crippen LogP) is 1.24. The van der Waals surface area contributed by atoms with E-state index in [0.29, 0.717) is 31.9 Å². The Morgan fingerprint density at radius 2 is 2.06 bits per heavy atom. The molecule has 10 heteroatoms. The zero-order valence-corrected chi connectivity index (χ0v) is 19.1. The number of aromatic nitrogens is 5. The molecule has 2 aliphatic rings. The minimum atomic E-state index is -0.0384. The van der Waals surface area contributed by atoms with Gasteiger partial charge in [0.1, 0.15) is 6.33 Å². The van der Waals surface area contributed by atoms with Crippen molar-refractivity contribution in [1.82, 2.24) is 35.0 Å². The van der Waals surface area contributed by atoms with Crippen LogP contribution in [0, 0.1) is 18.3 Å². The number of fused-ring (bicyclic) bond motifs is 1. The van der Waals surface area contributed by atoms with Crippen LogP contribution in [0.2, 0.25) is 0 Å². The maximum atomic E-state index is 12.8. The van der Waals surface area contributed by atoms with Crippen molar-refractivity contribution in [1.29, 1.82) is 5.26 Å². The van der Waals surface area contributed by atoms with E-state index >= 15 is 0 Å². The van der Waals surface area contributed by atoms with Crippen LogP contribution in [0.3, 0.4) is 0 Å². The molecule has 1 aromatic carbocycles. The van der Waals surface area contributed by atoms with Gasteiger partial charge in [0.05, 0.1) is 30.8 Å². The van der Waals surface area contributed by atoms with Gasteiger partial charge < -0.3 is 9.64 Å². The highest BCUT2D eigenvalue weighted by molar-refractivity contribution is 5.78. The lowest BCUT2D eigenvalue weighted by Gasteiger charge is -2.38. The van der Waals surface area contributed by atoms with Crippen molar-refractivity contribution in [2.24, 2.45) is 0 Å². The van der Waals surface area contributed by atoms with Crippen molar-refractivity contribution < 1.29 is 9.53 Å². The summed E-state index contributed by atoms with van der Waals surface area (Å²) in [5.74, 6) is 0.711. The highest BCUT2D eigenvalue weighted by Crippen LogP contribution is 2.31. The summed E-state index contributed by atoms with van der Waals surface area (Å²) in [5, 5.41) is 20.6. The molecule has 4 heterocycles. The molecule has 10 nitrogen and oxygen atoms in total. The van der Waals surface area contributed by atoms with Crippen molar-refractivity contribution >= 4 is 5.91 Å². The van der Waals surface area contributed by atoms with Gasteiger partial charge in [-0.1, -0.05) is 18.2 Å². The van der Waals surface area contributed by atoms with E-state index in [9.17, 15) is 10.1 Å². The molecule has 0 radical (unpaired) electrons. The molecule has 1 unspecified atom stereocenters. The van der Waals surface area contributed by atoms with Crippen LogP contribution in [0.4, 0.5) is 0 Å². The molecule has 2 aliphatic heterocycles. The number of amides is 1. The molecular formula is C24H26N8O2. The van der Waals surface area contributed by atoms with Crippen LogP contribution in [-0.4, -0.2) is 80.2 Å². The first-order valence-corrected chi connectivity index (χ1v) is 11.4. The van der Waals surface area contributed by atoms with Crippen LogP contribution in [-0.2, 0) is 22.4 Å². The van der Waals surface area contributed by atoms with Gasteiger partial charge in [-0.05, 0) is 52.1 Å². The van der Waals surface area contributed by atoms with Crippen LogP contribution < -0.4 is 0 Å². The zero-order valence-electron chi connectivity index (χ0n) is 19.1. The maximum Gasteiger partial charge on any atom is 0.227 e. The topological polar surface area (TPSA) is 113 Å². The normalized spacial score (nSPS) is 18.4. The van der Waals surface area contributed by atoms with Crippen molar-refractivity contribution in [3.63, 3.8) is 0 Å². The van der Waals surface area contributed by atoms with Crippen LogP contribution in [0.25, 0.3) is 5.82 Å². The summed E-state index contributed by atoms with van der Waals surface area (Å²) >= 11 is 0. The third-order valence-corrected chi connectivity index (χ3v) is 6.58. The van der Waals surface area contributed by atoms with Crippen molar-refractivity contribution in [3.05, 3.63) is 64.6 Å². The first-order valence-electron chi connectivity index (χ1n) is 11.4. The maximum absolute atomic E-state index is 12.8. The van der Waals surface area contributed by atoms with E-state index < -0.39 is 0 Å². The number of ether oxygens (including phenoxy) is 1. The van der Waals surface area contributed by atoms with Gasteiger partial charge in [0.2, 0.25) is 5.91 Å². The lowest BCUT2D eigenvalue weighted by Crippen LogP contribution is -2.50. The molecule has 0 N–H and O–H groups in total. The van der Waals surface area contributed by atoms with Crippen LogP contribution in [0.1, 0.15) is 33.9 Å². The Labute approximate surface area is 197 Å². The van der Waals surface area contributed by atoms with E-state index in [2.05, 4.69) is 37.5 Å². The summed E-state index contributed by atoms with van der Waals surface area (Å²) in [7, 11) is 0. The largest absolute Gasteiger partial charge is 0.372 e. The fourth-order valence-electron chi connectivity index (χ4n) is 4.68. The van der Waals surface area contributed by atoms with Crippen molar-refractivity contribution in [3.8, 4) is 11.9 Å². The van der Waals surface area contributed by atoms with Gasteiger partial charge in [-0.2, -0.15) is 9.94 Å². The molecule has 0 bridgehead atoms. The predicted molar refractivity (Wildman–Crippen MR) is 122 cm³/mol. The number of tetrazole rings is 1. The van der Waals surface area contributed by atoms with E-state index in [0.717, 1.165) is 53.9 Å². The van der Waals surface area contributed by atoms with E-state index in [1.54, 1.807) is 12.3 Å². The van der Waals surface area contributed by atoms with E-state index in [-0.39, 0.29) is 12.0 Å². The molecule has 3 aromatic rings. The SMILES string of the molecule is Cc1ccc2c(c1C#N)CCOC2CN1CCN(C(=O)Cc2ccc(-n3cnnn3)nc2)CC1. The van der Waals surface area contributed by atoms with E-state index in [1.165, 1.54) is 11.0 Å². The molecule has 1 fully saturated rings. The Morgan fingerprint density at radius 1 is 1.21 bits per heavy atom. The van der Waals surface area contributed by atoms with Crippen LogP contribution in [0.5, 0.6) is 0 Å². The molecular weight excluding hydrogens is 432 g/mol. The second-order valence-electron chi connectivity index (χ2n) is 8.68. The molecule has 0 spiro atoms. The molecule has 1 atom stereocenters. The Bertz CT molecular complexity index is 1190. The van der Waals surface area contributed by atoms with Gasteiger partial charge in [0.25, 0.3) is 0 Å². The second kappa shape index (κ2) is 9.67. The van der Waals surface area contributed by atoms with Gasteiger partial charge in [-0.3, -0.25) is 9.69 Å². The van der Waals surface area contributed by atoms with Crippen molar-refractivity contribution in [2.45, 2.75) is 25.9 Å². The third-order valence-electron chi connectivity index (χ3n) is 6.58. The minimum Gasteiger partial charge on any atom is -0.372 e. The Hall–Kier alpha value is -3.68. The summed E-state index contributed by atoms with van der Waals surface area (Å²) in [6.45, 7) is 6.36. The van der Waals surface area contributed by atoms with E-state index in [4.69, 9.17) is 4.74 Å². The lowest BCUT2D eigenvalue weighted by molar-refractivity contribution is -0.132. The van der Waals surface area contributed by atoms with Crippen LogP contribution >= 0.6 is 0 Å². The Kier molecular flexibility index (Phi) is 6.29. The molecule has 5 rings (SSSR count). The number of carbonyl (C=O) groups is 1. The molecule has 34 heavy (non-hydrogen) atoms. The fourth-order valence-corrected chi connectivity index (χ4v) is 4.68. The Balaban J connectivity index is 1.15. The number of aryl methyl sites for hydroxylation is 1. The first-order chi connectivity index (χ1) is 16.6. The molecule has 174 valence electrons. The average Bonchev–Trinajstić information content (AvgIpc) is 3.40. The molecule has 2 aromatic heterocycles. The standard InChI is InChI=1S/C24H26N8O2/c1-17-2-4-20-19(21(17)13-25)6-11-34-22(20)15-30-7-9-31(10-8-30)24(33)12-18-3-5-23(26-14-18)32-16-27-28-29-32/h2-5,14,16,22H,6-12,15H2,1H3. The molecule has 0 aliphatic carbocycles. The number of nitrogens with zero attached hydrogens (tertiary/aromatic N) is 8. The van der Waals surface area contributed by atoms with Gasteiger partial charge in [-0.15, -0.1) is 5.10 Å². The monoisotopic (exact) mass is 458 g/mol. The zero-order chi connectivity index (χ0) is 23.5. The summed E-state index contributed by atoms with van der Waals surface area (Å²) < 4.78 is 7.56. The quantitative estimate of drug-likeness (QED) is 0.561. The number of hydrogen-bond donors (Lipinski definition) is 0. The number of nitriles is 1. The lowest BCUT2D eigenvalue weighted by atomic mass is 9.90. The van der Waals surface area contributed by atoms with Gasteiger partial charge >= 0.3 is 0 Å². The molecule has 0 saturated carbocycles. The van der Waals surface area contributed by atoms with Gasteiger partial charge in [-0.25, -0.2) is 4.98 Å². The van der Waals surface area contributed by atoms with Crippen LogP contribution in [0.15, 0.2) is 36.8 Å². The van der Waals surface area contributed by atoms with Gasteiger partial charge in [0.15, 0.2) is 5.82 Å². The summed E-state index contributed by atoms with van der Waals surface area (Å²) in [6, 6.07) is 10.2. The highest BCUT2D eigenvalue weighted by atomic mass is 16.5. The average molecular weight is 459 g/mol. The number of hydrogen-bond acceptors (Lipinski definition) is 8. The molecule has 1 amide bonds. The molecule has 1 saturated heterocycles. The first kappa shape index (κ1) is 22.1. The third kappa shape index (κ3) is 4.53. The second-order valence-corrected chi connectivity index (χ2v) is 8.68.